The number of nitrogen functional groups attached to an aromatic ring is 1. The van der Waals surface area contributed by atoms with Crippen LogP contribution in [0.4, 0.5) is 5.69 Å². The lowest BCUT2D eigenvalue weighted by molar-refractivity contribution is 0.281. The molecule has 0 bridgehead atoms. The Bertz CT molecular complexity index is 342. The topological polar surface area (TPSA) is 64.2 Å². The number of hydrogen-bond donors (Lipinski definition) is 1. The van der Waals surface area contributed by atoms with Gasteiger partial charge < -0.3 is 5.73 Å². The predicted molar refractivity (Wildman–Crippen MR) is 61.0 cm³/mol. The van der Waals surface area contributed by atoms with Crippen LogP contribution in [0.15, 0.2) is 12.4 Å². The molecule has 2 N–H and O–H groups in total. The molecule has 0 spiro atoms. The van der Waals surface area contributed by atoms with Crippen molar-refractivity contribution in [1.82, 2.24) is 14.7 Å². The van der Waals surface area contributed by atoms with Crippen LogP contribution in [0.25, 0.3) is 0 Å². The first-order valence-corrected chi connectivity index (χ1v) is 6.58. The standard InChI is InChI=1S/C9H16N4OS/c10-9-7-11-13(8-9)2-1-12-3-5-15(14)6-4-12/h7-8H,1-6,10H2. The number of nitrogens with two attached hydrogens (primary N) is 1. The summed E-state index contributed by atoms with van der Waals surface area (Å²) in [6.45, 7) is 3.68. The van der Waals surface area contributed by atoms with Crippen LogP contribution in [0, 0.1) is 0 Å². The molecule has 0 aliphatic carbocycles. The van der Waals surface area contributed by atoms with E-state index in [-0.39, 0.29) is 0 Å². The average molecular weight is 228 g/mol. The van der Waals surface area contributed by atoms with Crippen molar-refractivity contribution in [1.29, 1.82) is 0 Å². The molecule has 84 valence electrons. The predicted octanol–water partition coefficient (Wildman–Crippen LogP) is -0.470. The van der Waals surface area contributed by atoms with Gasteiger partial charge >= 0.3 is 0 Å². The molecule has 0 atom stereocenters. The lowest BCUT2D eigenvalue weighted by Gasteiger charge is -2.25. The number of hydrogen-bond acceptors (Lipinski definition) is 4. The van der Waals surface area contributed by atoms with Crippen molar-refractivity contribution in [3.63, 3.8) is 0 Å². The summed E-state index contributed by atoms with van der Waals surface area (Å²) in [4.78, 5) is 2.32. The van der Waals surface area contributed by atoms with E-state index in [0.29, 0.717) is 5.69 Å². The first-order valence-electron chi connectivity index (χ1n) is 5.09. The fourth-order valence-corrected chi connectivity index (χ4v) is 2.77. The maximum Gasteiger partial charge on any atom is 0.0719 e. The zero-order valence-electron chi connectivity index (χ0n) is 8.63. The highest BCUT2D eigenvalue weighted by atomic mass is 32.2. The molecule has 1 fully saturated rings. The molecule has 0 unspecified atom stereocenters. The van der Waals surface area contributed by atoms with Crippen LogP contribution in [0.2, 0.25) is 0 Å². The summed E-state index contributed by atoms with van der Waals surface area (Å²) < 4.78 is 13.0. The Labute approximate surface area is 91.7 Å². The van der Waals surface area contributed by atoms with Crippen molar-refractivity contribution in [2.45, 2.75) is 6.54 Å². The van der Waals surface area contributed by atoms with Gasteiger partial charge in [-0.3, -0.25) is 13.8 Å². The third-order valence-corrected chi connectivity index (χ3v) is 3.84. The first-order chi connectivity index (χ1) is 7.24. The van der Waals surface area contributed by atoms with Crippen molar-refractivity contribution in [2.24, 2.45) is 0 Å². The van der Waals surface area contributed by atoms with Gasteiger partial charge in [0.05, 0.1) is 18.4 Å². The second-order valence-electron chi connectivity index (χ2n) is 3.73. The van der Waals surface area contributed by atoms with Gasteiger partial charge in [-0.25, -0.2) is 0 Å². The number of rotatable bonds is 3. The molecule has 2 rings (SSSR count). The van der Waals surface area contributed by atoms with E-state index in [4.69, 9.17) is 5.73 Å². The SMILES string of the molecule is Nc1cnn(CCN2CCS(=O)CC2)c1. The molecule has 1 aliphatic rings. The maximum absolute atomic E-state index is 11.1. The molecule has 15 heavy (non-hydrogen) atoms. The van der Waals surface area contributed by atoms with Crippen molar-refractivity contribution in [3.05, 3.63) is 12.4 Å². The molecular weight excluding hydrogens is 212 g/mol. The van der Waals surface area contributed by atoms with Crippen LogP contribution in [0.3, 0.4) is 0 Å². The molecular formula is C9H16N4OS. The van der Waals surface area contributed by atoms with Gasteiger partial charge in [0, 0.05) is 48.1 Å². The molecule has 5 nitrogen and oxygen atoms in total. The normalized spacial score (nSPS) is 19.5. The number of nitrogens with zero attached hydrogens (tertiary/aromatic N) is 3. The van der Waals surface area contributed by atoms with Crippen LogP contribution in [-0.4, -0.2) is 50.0 Å². The van der Waals surface area contributed by atoms with Gasteiger partial charge in [-0.2, -0.15) is 5.10 Å². The summed E-state index contributed by atoms with van der Waals surface area (Å²) in [7, 11) is -0.589. The van der Waals surface area contributed by atoms with Crippen LogP contribution in [0.1, 0.15) is 0 Å². The maximum atomic E-state index is 11.1. The lowest BCUT2D eigenvalue weighted by Crippen LogP contribution is -2.39. The van der Waals surface area contributed by atoms with E-state index in [1.807, 2.05) is 10.9 Å². The molecule has 0 radical (unpaired) electrons. The van der Waals surface area contributed by atoms with E-state index < -0.39 is 10.8 Å². The summed E-state index contributed by atoms with van der Waals surface area (Å²) in [5, 5.41) is 4.12. The van der Waals surface area contributed by atoms with Crippen LogP contribution in [-0.2, 0) is 17.3 Å². The van der Waals surface area contributed by atoms with Crippen LogP contribution >= 0.6 is 0 Å². The van der Waals surface area contributed by atoms with Gasteiger partial charge in [0.2, 0.25) is 0 Å². The first kappa shape index (κ1) is 10.6. The van der Waals surface area contributed by atoms with Gasteiger partial charge in [0.15, 0.2) is 0 Å². The second kappa shape index (κ2) is 4.76. The Morgan fingerprint density at radius 2 is 2.13 bits per heavy atom. The summed E-state index contributed by atoms with van der Waals surface area (Å²) >= 11 is 0. The molecule has 1 aromatic heterocycles. The summed E-state index contributed by atoms with van der Waals surface area (Å²) in [6, 6.07) is 0. The third-order valence-electron chi connectivity index (χ3n) is 2.57. The monoisotopic (exact) mass is 228 g/mol. The second-order valence-corrected chi connectivity index (χ2v) is 5.42. The largest absolute Gasteiger partial charge is 0.396 e. The molecule has 0 aromatic carbocycles. The Morgan fingerprint density at radius 3 is 2.73 bits per heavy atom. The van der Waals surface area contributed by atoms with Gasteiger partial charge in [-0.15, -0.1) is 0 Å². The van der Waals surface area contributed by atoms with Gasteiger partial charge in [-0.1, -0.05) is 0 Å². The number of anilines is 1. The smallest absolute Gasteiger partial charge is 0.0719 e. The molecule has 6 heteroatoms. The van der Waals surface area contributed by atoms with E-state index in [1.165, 1.54) is 0 Å². The average Bonchev–Trinajstić information content (AvgIpc) is 2.64. The third kappa shape index (κ3) is 3.04. The molecule has 0 amide bonds. The fourth-order valence-electron chi connectivity index (χ4n) is 1.65. The summed E-state index contributed by atoms with van der Waals surface area (Å²) in [5.74, 6) is 1.61. The highest BCUT2D eigenvalue weighted by Gasteiger charge is 2.14. The minimum Gasteiger partial charge on any atom is -0.396 e. The van der Waals surface area contributed by atoms with Crippen LogP contribution < -0.4 is 5.73 Å². The zero-order valence-corrected chi connectivity index (χ0v) is 9.45. The Balaban J connectivity index is 1.76. The Hall–Kier alpha value is -0.880. The molecule has 0 saturated carbocycles. The Morgan fingerprint density at radius 1 is 1.40 bits per heavy atom. The van der Waals surface area contributed by atoms with Crippen molar-refractivity contribution >= 4 is 16.5 Å². The highest BCUT2D eigenvalue weighted by Crippen LogP contribution is 2.02. The summed E-state index contributed by atoms with van der Waals surface area (Å²) in [5.41, 5.74) is 6.27. The van der Waals surface area contributed by atoms with Gasteiger partial charge in [-0.05, 0) is 0 Å². The quantitative estimate of drug-likeness (QED) is 0.759. The van der Waals surface area contributed by atoms with E-state index in [2.05, 4.69) is 10.00 Å². The van der Waals surface area contributed by atoms with E-state index >= 15 is 0 Å². The fraction of sp³-hybridized carbons (Fsp3) is 0.667. The van der Waals surface area contributed by atoms with Crippen molar-refractivity contribution in [2.75, 3.05) is 36.9 Å². The molecule has 1 saturated heterocycles. The van der Waals surface area contributed by atoms with Crippen molar-refractivity contribution in [3.8, 4) is 0 Å². The van der Waals surface area contributed by atoms with E-state index in [1.54, 1.807) is 6.20 Å². The number of aromatic nitrogens is 2. The molecule has 2 heterocycles. The zero-order chi connectivity index (χ0) is 10.7. The highest BCUT2D eigenvalue weighted by molar-refractivity contribution is 7.85. The molecule has 1 aromatic rings. The summed E-state index contributed by atoms with van der Waals surface area (Å²) in [6.07, 6.45) is 3.49. The molecule has 1 aliphatic heterocycles. The van der Waals surface area contributed by atoms with E-state index in [9.17, 15) is 4.21 Å². The van der Waals surface area contributed by atoms with Crippen LogP contribution in [0.5, 0.6) is 0 Å². The lowest BCUT2D eigenvalue weighted by atomic mass is 10.4. The van der Waals surface area contributed by atoms with Gasteiger partial charge in [0.1, 0.15) is 0 Å². The Kier molecular flexibility index (Phi) is 3.37. The van der Waals surface area contributed by atoms with Crippen molar-refractivity contribution < 1.29 is 4.21 Å². The van der Waals surface area contributed by atoms with E-state index in [0.717, 1.165) is 37.7 Å². The minimum absolute atomic E-state index is 0.589. The van der Waals surface area contributed by atoms with Gasteiger partial charge in [0.25, 0.3) is 0 Å². The minimum atomic E-state index is -0.589.